The van der Waals surface area contributed by atoms with Crippen molar-refractivity contribution in [2.45, 2.75) is 0 Å². The van der Waals surface area contributed by atoms with Gasteiger partial charge in [-0.3, -0.25) is 4.79 Å². The Kier molecular flexibility index (Phi) is 2.73. The van der Waals surface area contributed by atoms with Crippen LogP contribution in [0.4, 0.5) is 0 Å². The third-order valence-corrected chi connectivity index (χ3v) is 3.84. The van der Waals surface area contributed by atoms with Gasteiger partial charge in [-0.25, -0.2) is 0 Å². The second kappa shape index (κ2) is 3.86. The van der Waals surface area contributed by atoms with E-state index in [1.54, 1.807) is 24.5 Å². The van der Waals surface area contributed by atoms with Crippen molar-refractivity contribution >= 4 is 50.3 Å². The second-order valence-corrected chi connectivity index (χ2v) is 5.75. The molecule has 72 valence electrons. The normalized spacial score (nSPS) is 10.4. The van der Waals surface area contributed by atoms with Crippen LogP contribution >= 0.6 is 33.9 Å². The lowest BCUT2D eigenvalue weighted by molar-refractivity contribution is 0.112. The minimum atomic E-state index is 0.606. The van der Waals surface area contributed by atoms with Crippen LogP contribution in [0.3, 0.4) is 0 Å². The lowest BCUT2D eigenvalue weighted by Gasteiger charge is -2.03. The van der Waals surface area contributed by atoms with Crippen molar-refractivity contribution in [3.8, 4) is 5.75 Å². The van der Waals surface area contributed by atoms with Crippen molar-refractivity contribution in [1.29, 1.82) is 0 Å². The highest BCUT2D eigenvalue weighted by molar-refractivity contribution is 14.1. The first-order chi connectivity index (χ1) is 6.76. The average molecular weight is 318 g/mol. The van der Waals surface area contributed by atoms with Crippen molar-refractivity contribution in [3.05, 3.63) is 26.6 Å². The van der Waals surface area contributed by atoms with Crippen molar-refractivity contribution in [1.82, 2.24) is 0 Å². The number of thiophene rings is 1. The molecule has 0 saturated heterocycles. The van der Waals surface area contributed by atoms with E-state index in [4.69, 9.17) is 4.74 Å². The summed E-state index contributed by atoms with van der Waals surface area (Å²) in [5.74, 6) is 0.677. The Bertz CT molecular complexity index is 490. The molecule has 0 N–H and O–H groups in total. The molecule has 0 radical (unpaired) electrons. The Balaban J connectivity index is 2.82. The Morgan fingerprint density at radius 1 is 1.50 bits per heavy atom. The topological polar surface area (TPSA) is 26.3 Å². The van der Waals surface area contributed by atoms with Crippen LogP contribution in [0.2, 0.25) is 0 Å². The summed E-state index contributed by atoms with van der Waals surface area (Å²) in [6.45, 7) is 0. The number of ether oxygens (including phenoxy) is 1. The molecule has 1 aromatic carbocycles. The number of aldehydes is 1. The van der Waals surface area contributed by atoms with Gasteiger partial charge in [0.1, 0.15) is 5.75 Å². The fourth-order valence-electron chi connectivity index (χ4n) is 1.39. The molecule has 0 bridgehead atoms. The van der Waals surface area contributed by atoms with Crippen LogP contribution in [0.1, 0.15) is 10.4 Å². The zero-order valence-electron chi connectivity index (χ0n) is 7.41. The standard InChI is InChI=1S/C10H7IO2S/c1-13-10-6(5-12)2-3-8-7(10)4-9(11)14-8/h2-5H,1H3. The molecule has 2 aromatic rings. The number of carbonyl (C=O) groups is 1. The molecule has 14 heavy (non-hydrogen) atoms. The lowest BCUT2D eigenvalue weighted by atomic mass is 10.1. The molecule has 0 spiro atoms. The molecule has 0 aliphatic carbocycles. The number of carbonyl (C=O) groups excluding carboxylic acids is 1. The van der Waals surface area contributed by atoms with E-state index in [-0.39, 0.29) is 0 Å². The largest absolute Gasteiger partial charge is 0.495 e. The monoisotopic (exact) mass is 318 g/mol. The minimum absolute atomic E-state index is 0.606. The third-order valence-electron chi connectivity index (χ3n) is 1.98. The van der Waals surface area contributed by atoms with E-state index in [2.05, 4.69) is 22.6 Å². The van der Waals surface area contributed by atoms with Gasteiger partial charge >= 0.3 is 0 Å². The van der Waals surface area contributed by atoms with Gasteiger partial charge in [0.25, 0.3) is 0 Å². The third kappa shape index (κ3) is 1.52. The number of fused-ring (bicyclic) bond motifs is 1. The van der Waals surface area contributed by atoms with E-state index in [1.165, 1.54) is 2.88 Å². The first-order valence-electron chi connectivity index (χ1n) is 3.97. The van der Waals surface area contributed by atoms with E-state index in [1.807, 2.05) is 12.1 Å². The summed E-state index contributed by atoms with van der Waals surface area (Å²) in [5.41, 5.74) is 0.606. The van der Waals surface area contributed by atoms with Crippen LogP contribution in [-0.2, 0) is 0 Å². The highest BCUT2D eigenvalue weighted by atomic mass is 127. The van der Waals surface area contributed by atoms with Crippen LogP contribution in [0.25, 0.3) is 10.1 Å². The van der Waals surface area contributed by atoms with Gasteiger partial charge in [0.15, 0.2) is 6.29 Å². The number of rotatable bonds is 2. The van der Waals surface area contributed by atoms with E-state index < -0.39 is 0 Å². The van der Waals surface area contributed by atoms with Gasteiger partial charge in [-0.15, -0.1) is 11.3 Å². The fraction of sp³-hybridized carbons (Fsp3) is 0.100. The molecule has 2 rings (SSSR count). The molecule has 2 nitrogen and oxygen atoms in total. The van der Waals surface area contributed by atoms with Crippen LogP contribution in [0.15, 0.2) is 18.2 Å². The van der Waals surface area contributed by atoms with E-state index >= 15 is 0 Å². The van der Waals surface area contributed by atoms with Crippen molar-refractivity contribution in [2.75, 3.05) is 7.11 Å². The molecule has 0 atom stereocenters. The zero-order valence-corrected chi connectivity index (χ0v) is 10.4. The molecule has 1 aromatic heterocycles. The molecule has 0 unspecified atom stereocenters. The molecule has 0 fully saturated rings. The Labute approximate surface area is 99.0 Å². The number of hydrogen-bond donors (Lipinski definition) is 0. The zero-order chi connectivity index (χ0) is 10.1. The molecule has 0 aliphatic heterocycles. The first-order valence-corrected chi connectivity index (χ1v) is 5.87. The number of hydrogen-bond acceptors (Lipinski definition) is 3. The second-order valence-electron chi connectivity index (χ2n) is 2.77. The summed E-state index contributed by atoms with van der Waals surface area (Å²) >= 11 is 3.96. The van der Waals surface area contributed by atoms with Gasteiger partial charge in [0.2, 0.25) is 0 Å². The number of benzene rings is 1. The van der Waals surface area contributed by atoms with Gasteiger partial charge in [0.05, 0.1) is 15.6 Å². The van der Waals surface area contributed by atoms with Crippen LogP contribution in [0.5, 0.6) is 5.75 Å². The van der Waals surface area contributed by atoms with Crippen LogP contribution in [0, 0.1) is 2.88 Å². The van der Waals surface area contributed by atoms with Crippen molar-refractivity contribution in [2.24, 2.45) is 0 Å². The predicted octanol–water partition coefficient (Wildman–Crippen LogP) is 3.33. The number of halogens is 1. The molecular formula is C10H7IO2S. The summed E-state index contributed by atoms with van der Waals surface area (Å²) in [7, 11) is 1.59. The highest BCUT2D eigenvalue weighted by Gasteiger charge is 2.09. The van der Waals surface area contributed by atoms with E-state index in [0.29, 0.717) is 11.3 Å². The molecule has 1 heterocycles. The number of methoxy groups -OCH3 is 1. The minimum Gasteiger partial charge on any atom is -0.495 e. The summed E-state index contributed by atoms with van der Waals surface area (Å²) in [6, 6.07) is 5.78. The molecule has 0 aliphatic rings. The average Bonchev–Trinajstić information content (AvgIpc) is 2.56. The Morgan fingerprint density at radius 2 is 2.29 bits per heavy atom. The smallest absolute Gasteiger partial charge is 0.153 e. The van der Waals surface area contributed by atoms with Gasteiger partial charge in [0, 0.05) is 10.1 Å². The summed E-state index contributed by atoms with van der Waals surface area (Å²) in [5, 5.41) is 1.02. The van der Waals surface area contributed by atoms with Crippen LogP contribution < -0.4 is 4.74 Å². The van der Waals surface area contributed by atoms with Gasteiger partial charge in [-0.2, -0.15) is 0 Å². The maximum atomic E-state index is 10.8. The quantitative estimate of drug-likeness (QED) is 0.627. The molecular weight excluding hydrogens is 311 g/mol. The van der Waals surface area contributed by atoms with Crippen molar-refractivity contribution in [3.63, 3.8) is 0 Å². The Hall–Kier alpha value is -0.620. The van der Waals surface area contributed by atoms with Crippen molar-refractivity contribution < 1.29 is 9.53 Å². The molecule has 0 amide bonds. The Morgan fingerprint density at radius 3 is 2.93 bits per heavy atom. The summed E-state index contributed by atoms with van der Waals surface area (Å²) in [6.07, 6.45) is 0.822. The molecule has 4 heteroatoms. The lowest BCUT2D eigenvalue weighted by Crippen LogP contribution is -1.89. The fourth-order valence-corrected chi connectivity index (χ4v) is 3.20. The first kappa shape index (κ1) is 9.92. The van der Waals surface area contributed by atoms with E-state index in [0.717, 1.165) is 16.4 Å². The van der Waals surface area contributed by atoms with Crippen LogP contribution in [-0.4, -0.2) is 13.4 Å². The maximum absolute atomic E-state index is 10.8. The maximum Gasteiger partial charge on any atom is 0.153 e. The molecule has 0 saturated carbocycles. The highest BCUT2D eigenvalue weighted by Crippen LogP contribution is 2.35. The SMILES string of the molecule is COc1c(C=O)ccc2sc(I)cc12. The predicted molar refractivity (Wildman–Crippen MR) is 66.5 cm³/mol. The van der Waals surface area contributed by atoms with Gasteiger partial charge < -0.3 is 4.74 Å². The van der Waals surface area contributed by atoms with Gasteiger partial charge in [-0.1, -0.05) is 0 Å². The van der Waals surface area contributed by atoms with E-state index in [9.17, 15) is 4.79 Å². The summed E-state index contributed by atoms with van der Waals surface area (Å²) < 4.78 is 7.58. The van der Waals surface area contributed by atoms with Gasteiger partial charge in [-0.05, 0) is 40.8 Å². The summed E-state index contributed by atoms with van der Waals surface area (Å²) in [4.78, 5) is 10.8.